The zero-order chi connectivity index (χ0) is 16.1. The summed E-state index contributed by atoms with van der Waals surface area (Å²) in [5.41, 5.74) is 3.23. The van der Waals surface area contributed by atoms with Crippen molar-refractivity contribution in [3.63, 3.8) is 0 Å². The largest absolute Gasteiger partial charge is 0.381 e. The SMILES string of the molecule is CCC(C)Nc1cncc(C(=O)Nc2ccc(Br)c(C)c2)c1. The van der Waals surface area contributed by atoms with Crippen molar-refractivity contribution in [1.29, 1.82) is 0 Å². The number of hydrogen-bond acceptors (Lipinski definition) is 3. The number of amides is 1. The molecule has 2 rings (SSSR count). The number of aromatic nitrogens is 1. The number of rotatable bonds is 5. The van der Waals surface area contributed by atoms with Crippen molar-refractivity contribution in [2.24, 2.45) is 0 Å². The van der Waals surface area contributed by atoms with E-state index in [1.54, 1.807) is 12.4 Å². The number of hydrogen-bond donors (Lipinski definition) is 2. The van der Waals surface area contributed by atoms with Gasteiger partial charge in [0.2, 0.25) is 0 Å². The monoisotopic (exact) mass is 361 g/mol. The lowest BCUT2D eigenvalue weighted by Gasteiger charge is -2.13. The van der Waals surface area contributed by atoms with Crippen LogP contribution in [0.4, 0.5) is 11.4 Å². The van der Waals surface area contributed by atoms with Gasteiger partial charge in [0.15, 0.2) is 0 Å². The van der Waals surface area contributed by atoms with Gasteiger partial charge in [-0.3, -0.25) is 9.78 Å². The van der Waals surface area contributed by atoms with Crippen LogP contribution < -0.4 is 10.6 Å². The highest BCUT2D eigenvalue weighted by molar-refractivity contribution is 9.10. The summed E-state index contributed by atoms with van der Waals surface area (Å²) in [5, 5.41) is 6.21. The van der Waals surface area contributed by atoms with Crippen LogP contribution in [0.3, 0.4) is 0 Å². The van der Waals surface area contributed by atoms with E-state index in [1.165, 1.54) is 0 Å². The Kier molecular flexibility index (Phi) is 5.55. The molecule has 22 heavy (non-hydrogen) atoms. The molecule has 0 spiro atoms. The topological polar surface area (TPSA) is 54.0 Å². The minimum absolute atomic E-state index is 0.165. The molecule has 0 radical (unpaired) electrons. The fourth-order valence-corrected chi connectivity index (χ4v) is 2.20. The van der Waals surface area contributed by atoms with Gasteiger partial charge in [-0.1, -0.05) is 22.9 Å². The summed E-state index contributed by atoms with van der Waals surface area (Å²) in [5.74, 6) is -0.165. The molecule has 1 atom stereocenters. The van der Waals surface area contributed by atoms with E-state index in [4.69, 9.17) is 0 Å². The van der Waals surface area contributed by atoms with E-state index in [2.05, 4.69) is 45.4 Å². The van der Waals surface area contributed by atoms with Crippen LogP contribution in [0.25, 0.3) is 0 Å². The Balaban J connectivity index is 2.12. The van der Waals surface area contributed by atoms with Crippen LogP contribution in [0, 0.1) is 6.92 Å². The average molecular weight is 362 g/mol. The molecule has 1 heterocycles. The van der Waals surface area contributed by atoms with E-state index in [0.717, 1.165) is 27.8 Å². The van der Waals surface area contributed by atoms with Crippen LogP contribution in [-0.4, -0.2) is 16.9 Å². The van der Waals surface area contributed by atoms with E-state index in [1.807, 2.05) is 31.2 Å². The number of carbonyl (C=O) groups is 1. The molecule has 1 amide bonds. The smallest absolute Gasteiger partial charge is 0.257 e. The van der Waals surface area contributed by atoms with Gasteiger partial charge in [0, 0.05) is 28.6 Å². The van der Waals surface area contributed by atoms with Gasteiger partial charge >= 0.3 is 0 Å². The van der Waals surface area contributed by atoms with Crippen molar-refractivity contribution < 1.29 is 4.79 Å². The predicted octanol–water partition coefficient (Wildman–Crippen LogP) is 4.62. The van der Waals surface area contributed by atoms with Crippen LogP contribution in [0.2, 0.25) is 0 Å². The summed E-state index contributed by atoms with van der Waals surface area (Å²) in [7, 11) is 0. The van der Waals surface area contributed by atoms with Crippen molar-refractivity contribution in [1.82, 2.24) is 4.98 Å². The summed E-state index contributed by atoms with van der Waals surface area (Å²) < 4.78 is 1.02. The second-order valence-corrected chi connectivity index (χ2v) is 6.19. The third-order valence-electron chi connectivity index (χ3n) is 3.44. The Hall–Kier alpha value is -1.88. The second-order valence-electron chi connectivity index (χ2n) is 5.33. The van der Waals surface area contributed by atoms with Crippen LogP contribution in [-0.2, 0) is 0 Å². The molecule has 4 nitrogen and oxygen atoms in total. The lowest BCUT2D eigenvalue weighted by atomic mass is 10.2. The number of pyridine rings is 1. The molecule has 0 saturated heterocycles. The molecule has 2 aromatic rings. The lowest BCUT2D eigenvalue weighted by Crippen LogP contribution is -2.16. The number of carbonyl (C=O) groups excluding carboxylic acids is 1. The van der Waals surface area contributed by atoms with Gasteiger partial charge in [0.1, 0.15) is 0 Å². The summed E-state index contributed by atoms with van der Waals surface area (Å²) >= 11 is 3.45. The summed E-state index contributed by atoms with van der Waals surface area (Å²) in [6.07, 6.45) is 4.31. The van der Waals surface area contributed by atoms with Crippen LogP contribution in [0.1, 0.15) is 36.2 Å². The maximum Gasteiger partial charge on any atom is 0.257 e. The third kappa shape index (κ3) is 4.31. The molecule has 0 aliphatic carbocycles. The molecule has 1 aromatic heterocycles. The van der Waals surface area contributed by atoms with Crippen LogP contribution in [0.15, 0.2) is 41.1 Å². The number of aryl methyl sites for hydroxylation is 1. The molecule has 1 aromatic carbocycles. The first-order chi connectivity index (χ1) is 10.5. The summed E-state index contributed by atoms with van der Waals surface area (Å²) in [6.45, 7) is 6.19. The maximum absolute atomic E-state index is 12.3. The second kappa shape index (κ2) is 7.40. The molecule has 2 N–H and O–H groups in total. The molecule has 5 heteroatoms. The fourth-order valence-electron chi connectivity index (χ4n) is 1.96. The number of nitrogens with one attached hydrogen (secondary N) is 2. The fraction of sp³-hybridized carbons (Fsp3) is 0.294. The van der Waals surface area contributed by atoms with Gasteiger partial charge in [0.25, 0.3) is 5.91 Å². The number of nitrogens with zero attached hydrogens (tertiary/aromatic N) is 1. The Labute approximate surface area is 139 Å². The van der Waals surface area contributed by atoms with Gasteiger partial charge in [0.05, 0.1) is 11.3 Å². The van der Waals surface area contributed by atoms with E-state index in [9.17, 15) is 4.79 Å². The van der Waals surface area contributed by atoms with E-state index in [-0.39, 0.29) is 5.91 Å². The molecule has 1 unspecified atom stereocenters. The van der Waals surface area contributed by atoms with Gasteiger partial charge in [-0.25, -0.2) is 0 Å². The van der Waals surface area contributed by atoms with Gasteiger partial charge in [-0.15, -0.1) is 0 Å². The van der Waals surface area contributed by atoms with Crippen molar-refractivity contribution in [3.8, 4) is 0 Å². The highest BCUT2D eigenvalue weighted by atomic mass is 79.9. The summed E-state index contributed by atoms with van der Waals surface area (Å²) in [4.78, 5) is 16.5. The first-order valence-corrected chi connectivity index (χ1v) is 8.08. The van der Waals surface area contributed by atoms with Gasteiger partial charge < -0.3 is 10.6 Å². The Morgan fingerprint density at radius 2 is 2.05 bits per heavy atom. The minimum atomic E-state index is -0.165. The molecule has 0 saturated carbocycles. The molecule has 0 aliphatic rings. The number of benzene rings is 1. The van der Waals surface area contributed by atoms with Crippen LogP contribution in [0.5, 0.6) is 0 Å². The average Bonchev–Trinajstić information content (AvgIpc) is 2.51. The quantitative estimate of drug-likeness (QED) is 0.816. The van der Waals surface area contributed by atoms with Gasteiger partial charge in [-0.2, -0.15) is 0 Å². The van der Waals surface area contributed by atoms with Crippen molar-refractivity contribution >= 4 is 33.2 Å². The maximum atomic E-state index is 12.3. The zero-order valence-corrected chi connectivity index (χ0v) is 14.6. The van der Waals surface area contributed by atoms with Crippen molar-refractivity contribution in [2.45, 2.75) is 33.2 Å². The lowest BCUT2D eigenvalue weighted by molar-refractivity contribution is 0.102. The molecule has 0 bridgehead atoms. The normalized spacial score (nSPS) is 11.8. The molecule has 0 aliphatic heterocycles. The zero-order valence-electron chi connectivity index (χ0n) is 13.0. The van der Waals surface area contributed by atoms with Crippen molar-refractivity contribution in [3.05, 3.63) is 52.3 Å². The first kappa shape index (κ1) is 16.5. The highest BCUT2D eigenvalue weighted by Crippen LogP contribution is 2.20. The molecular formula is C17H20BrN3O. The highest BCUT2D eigenvalue weighted by Gasteiger charge is 2.09. The number of halogens is 1. The predicted molar refractivity (Wildman–Crippen MR) is 94.4 cm³/mol. The number of anilines is 2. The standard InChI is InChI=1S/C17H20BrN3O/c1-4-12(3)20-15-8-13(9-19-10-15)17(22)21-14-5-6-16(18)11(2)7-14/h5-10,12,20H,4H2,1-3H3,(H,21,22). The first-order valence-electron chi connectivity index (χ1n) is 7.28. The minimum Gasteiger partial charge on any atom is -0.381 e. The molecular weight excluding hydrogens is 342 g/mol. The molecule has 0 fully saturated rings. The van der Waals surface area contributed by atoms with E-state index in [0.29, 0.717) is 11.6 Å². The molecule has 116 valence electrons. The summed E-state index contributed by atoms with van der Waals surface area (Å²) in [6, 6.07) is 7.87. The van der Waals surface area contributed by atoms with E-state index >= 15 is 0 Å². The van der Waals surface area contributed by atoms with Crippen molar-refractivity contribution in [2.75, 3.05) is 10.6 Å². The Morgan fingerprint density at radius 3 is 2.73 bits per heavy atom. The van der Waals surface area contributed by atoms with Crippen LogP contribution >= 0.6 is 15.9 Å². The van der Waals surface area contributed by atoms with Gasteiger partial charge in [-0.05, 0) is 50.1 Å². The Morgan fingerprint density at radius 1 is 1.27 bits per heavy atom. The Bertz CT molecular complexity index is 673. The third-order valence-corrected chi connectivity index (χ3v) is 4.33. The van der Waals surface area contributed by atoms with E-state index < -0.39 is 0 Å².